The monoisotopic (exact) mass is 355 g/mol. The summed E-state index contributed by atoms with van der Waals surface area (Å²) >= 11 is 0. The van der Waals surface area contributed by atoms with Crippen LogP contribution in [0.4, 0.5) is 0 Å². The average Bonchev–Trinajstić information content (AvgIpc) is 2.89. The molecule has 2 amide bonds. The van der Waals surface area contributed by atoms with Crippen LogP contribution in [0.3, 0.4) is 0 Å². The van der Waals surface area contributed by atoms with E-state index in [1.54, 1.807) is 11.8 Å². The maximum absolute atomic E-state index is 12.7. The molecule has 0 bridgehead atoms. The van der Waals surface area contributed by atoms with Crippen LogP contribution in [0.2, 0.25) is 0 Å². The number of aryl methyl sites for hydroxylation is 3. The standard InChI is InChI=1S/C20H25N3O3/c1-14-5-6-15(2)17(11-14)12-18(24)22-7-4-8-23(10-9-22)20(25)19-16(3)26-13-21-19/h5-6,11,13H,4,7-10,12H2,1-3H3. The molecule has 2 heterocycles. The van der Waals surface area contributed by atoms with Gasteiger partial charge in [-0.1, -0.05) is 23.8 Å². The van der Waals surface area contributed by atoms with E-state index in [-0.39, 0.29) is 11.8 Å². The fourth-order valence-electron chi connectivity index (χ4n) is 3.30. The van der Waals surface area contributed by atoms with Crippen molar-refractivity contribution in [3.05, 3.63) is 52.7 Å². The summed E-state index contributed by atoms with van der Waals surface area (Å²) < 4.78 is 5.13. The number of hydrogen-bond donors (Lipinski definition) is 0. The highest BCUT2D eigenvalue weighted by molar-refractivity contribution is 5.93. The first kappa shape index (κ1) is 18.2. The number of amides is 2. The minimum absolute atomic E-state index is 0.116. The van der Waals surface area contributed by atoms with Gasteiger partial charge in [0.05, 0.1) is 6.42 Å². The molecule has 6 heteroatoms. The van der Waals surface area contributed by atoms with Crippen LogP contribution < -0.4 is 0 Å². The number of aromatic nitrogens is 1. The van der Waals surface area contributed by atoms with Gasteiger partial charge in [0.2, 0.25) is 5.91 Å². The predicted molar refractivity (Wildman–Crippen MR) is 98.0 cm³/mol. The highest BCUT2D eigenvalue weighted by Gasteiger charge is 2.25. The lowest BCUT2D eigenvalue weighted by Crippen LogP contribution is -2.38. The second-order valence-corrected chi connectivity index (χ2v) is 6.89. The molecule has 3 rings (SSSR count). The number of oxazole rings is 1. The van der Waals surface area contributed by atoms with Crippen LogP contribution in [0.15, 0.2) is 29.0 Å². The Labute approximate surface area is 153 Å². The first-order chi connectivity index (χ1) is 12.5. The summed E-state index contributed by atoms with van der Waals surface area (Å²) in [5, 5.41) is 0. The molecule has 1 aliphatic heterocycles. The van der Waals surface area contributed by atoms with E-state index in [0.717, 1.165) is 23.1 Å². The number of benzene rings is 1. The van der Waals surface area contributed by atoms with Gasteiger partial charge in [-0.2, -0.15) is 0 Å². The normalized spacial score (nSPS) is 15.0. The Balaban J connectivity index is 1.63. The minimum atomic E-state index is -0.125. The number of carbonyl (C=O) groups excluding carboxylic acids is 2. The van der Waals surface area contributed by atoms with Gasteiger partial charge in [0.25, 0.3) is 5.91 Å². The van der Waals surface area contributed by atoms with Gasteiger partial charge < -0.3 is 14.2 Å². The molecule has 1 fully saturated rings. The lowest BCUT2D eigenvalue weighted by Gasteiger charge is -2.22. The summed E-state index contributed by atoms with van der Waals surface area (Å²) in [5.41, 5.74) is 3.73. The maximum Gasteiger partial charge on any atom is 0.276 e. The molecule has 0 aliphatic carbocycles. The van der Waals surface area contributed by atoms with Crippen LogP contribution in [-0.2, 0) is 11.2 Å². The van der Waals surface area contributed by atoms with Gasteiger partial charge in [0.15, 0.2) is 12.1 Å². The first-order valence-corrected chi connectivity index (χ1v) is 8.99. The van der Waals surface area contributed by atoms with Gasteiger partial charge in [-0.3, -0.25) is 9.59 Å². The third-order valence-corrected chi connectivity index (χ3v) is 4.93. The zero-order valence-electron chi connectivity index (χ0n) is 15.6. The lowest BCUT2D eigenvalue weighted by molar-refractivity contribution is -0.130. The Morgan fingerprint density at radius 3 is 2.54 bits per heavy atom. The van der Waals surface area contributed by atoms with Crippen molar-refractivity contribution in [2.75, 3.05) is 26.2 Å². The van der Waals surface area contributed by atoms with Crippen molar-refractivity contribution in [2.45, 2.75) is 33.6 Å². The summed E-state index contributed by atoms with van der Waals surface area (Å²) in [7, 11) is 0. The van der Waals surface area contributed by atoms with E-state index >= 15 is 0 Å². The molecule has 1 aromatic heterocycles. The number of rotatable bonds is 3. The second kappa shape index (κ2) is 7.72. The maximum atomic E-state index is 12.7. The third kappa shape index (κ3) is 3.95. The van der Waals surface area contributed by atoms with E-state index in [1.165, 1.54) is 6.39 Å². The van der Waals surface area contributed by atoms with E-state index in [2.05, 4.69) is 23.2 Å². The van der Waals surface area contributed by atoms with Gasteiger partial charge in [-0.05, 0) is 38.3 Å². The largest absolute Gasteiger partial charge is 0.448 e. The third-order valence-electron chi connectivity index (χ3n) is 4.93. The molecular formula is C20H25N3O3. The van der Waals surface area contributed by atoms with Crippen molar-refractivity contribution in [2.24, 2.45) is 0 Å². The molecule has 138 valence electrons. The topological polar surface area (TPSA) is 66.7 Å². The van der Waals surface area contributed by atoms with Gasteiger partial charge >= 0.3 is 0 Å². The van der Waals surface area contributed by atoms with E-state index in [4.69, 9.17) is 4.42 Å². The van der Waals surface area contributed by atoms with Crippen LogP contribution in [0, 0.1) is 20.8 Å². The van der Waals surface area contributed by atoms with Crippen LogP contribution >= 0.6 is 0 Å². The number of hydrogen-bond acceptors (Lipinski definition) is 4. The van der Waals surface area contributed by atoms with Gasteiger partial charge in [0, 0.05) is 26.2 Å². The fourth-order valence-corrected chi connectivity index (χ4v) is 3.30. The Bertz CT molecular complexity index is 812. The quantitative estimate of drug-likeness (QED) is 0.848. The van der Waals surface area contributed by atoms with Crippen molar-refractivity contribution in [3.8, 4) is 0 Å². The van der Waals surface area contributed by atoms with Crippen molar-refractivity contribution in [3.63, 3.8) is 0 Å². The van der Waals surface area contributed by atoms with Gasteiger partial charge in [-0.25, -0.2) is 4.98 Å². The van der Waals surface area contributed by atoms with Crippen molar-refractivity contribution >= 4 is 11.8 Å². The Morgan fingerprint density at radius 2 is 1.81 bits per heavy atom. The Hall–Kier alpha value is -2.63. The van der Waals surface area contributed by atoms with Crippen molar-refractivity contribution in [1.82, 2.24) is 14.8 Å². The predicted octanol–water partition coefficient (Wildman–Crippen LogP) is 2.52. The van der Waals surface area contributed by atoms with Crippen LogP contribution in [0.25, 0.3) is 0 Å². The fraction of sp³-hybridized carbons (Fsp3) is 0.450. The van der Waals surface area contributed by atoms with Gasteiger partial charge in [0.1, 0.15) is 5.76 Å². The first-order valence-electron chi connectivity index (χ1n) is 8.99. The Kier molecular flexibility index (Phi) is 5.40. The van der Waals surface area contributed by atoms with Crippen LogP contribution in [0.5, 0.6) is 0 Å². The highest BCUT2D eigenvalue weighted by atomic mass is 16.3. The van der Waals surface area contributed by atoms with Crippen molar-refractivity contribution in [1.29, 1.82) is 0 Å². The minimum Gasteiger partial charge on any atom is -0.448 e. The molecule has 0 spiro atoms. The van der Waals surface area contributed by atoms with Gasteiger partial charge in [-0.15, -0.1) is 0 Å². The molecule has 2 aromatic rings. The zero-order valence-corrected chi connectivity index (χ0v) is 15.6. The molecule has 0 atom stereocenters. The molecule has 1 saturated heterocycles. The average molecular weight is 355 g/mol. The molecule has 0 saturated carbocycles. The van der Waals surface area contributed by atoms with Crippen molar-refractivity contribution < 1.29 is 14.0 Å². The zero-order chi connectivity index (χ0) is 18.7. The Morgan fingerprint density at radius 1 is 1.08 bits per heavy atom. The van der Waals surface area contributed by atoms with Crippen LogP contribution in [-0.4, -0.2) is 52.8 Å². The number of nitrogens with zero attached hydrogens (tertiary/aromatic N) is 3. The van der Waals surface area contributed by atoms with E-state index in [0.29, 0.717) is 44.1 Å². The molecule has 0 radical (unpaired) electrons. The SMILES string of the molecule is Cc1ccc(C)c(CC(=O)N2CCCN(C(=O)c3ncoc3C)CC2)c1. The molecular weight excluding hydrogens is 330 g/mol. The molecule has 0 N–H and O–H groups in total. The number of carbonyl (C=O) groups is 2. The highest BCUT2D eigenvalue weighted by Crippen LogP contribution is 2.15. The molecule has 0 unspecified atom stereocenters. The molecule has 26 heavy (non-hydrogen) atoms. The lowest BCUT2D eigenvalue weighted by atomic mass is 10.0. The van der Waals surface area contributed by atoms with Crippen LogP contribution in [0.1, 0.15) is 39.4 Å². The summed E-state index contributed by atoms with van der Waals surface area (Å²) in [6.45, 7) is 8.16. The molecule has 6 nitrogen and oxygen atoms in total. The smallest absolute Gasteiger partial charge is 0.276 e. The second-order valence-electron chi connectivity index (χ2n) is 6.89. The summed E-state index contributed by atoms with van der Waals surface area (Å²) in [6, 6.07) is 6.19. The van der Waals surface area contributed by atoms with E-state index in [9.17, 15) is 9.59 Å². The summed E-state index contributed by atoms with van der Waals surface area (Å²) in [5.74, 6) is 0.521. The summed E-state index contributed by atoms with van der Waals surface area (Å²) in [4.78, 5) is 33.0. The van der Waals surface area contributed by atoms with E-state index < -0.39 is 0 Å². The van der Waals surface area contributed by atoms with E-state index in [1.807, 2.05) is 18.7 Å². The summed E-state index contributed by atoms with van der Waals surface area (Å²) in [6.07, 6.45) is 2.46. The molecule has 1 aliphatic rings. The molecule has 1 aromatic carbocycles.